The lowest BCUT2D eigenvalue weighted by Gasteiger charge is -2.10. The summed E-state index contributed by atoms with van der Waals surface area (Å²) in [5.41, 5.74) is 5.18. The SMILES string of the molecule is Cc1cc2[nH]c(C3(C)CC3)c(Sc3cccc(C(=O)O)n3)c2cc1C. The first-order valence-corrected chi connectivity index (χ1v) is 9.21. The molecule has 0 saturated heterocycles. The fourth-order valence-electron chi connectivity index (χ4n) is 3.10. The van der Waals surface area contributed by atoms with Gasteiger partial charge in [0.05, 0.1) is 0 Å². The van der Waals surface area contributed by atoms with Crippen LogP contribution >= 0.6 is 11.8 Å². The van der Waals surface area contributed by atoms with Gasteiger partial charge in [0.1, 0.15) is 10.7 Å². The van der Waals surface area contributed by atoms with Crippen molar-refractivity contribution in [1.82, 2.24) is 9.97 Å². The highest BCUT2D eigenvalue weighted by Gasteiger charge is 2.42. The van der Waals surface area contributed by atoms with Gasteiger partial charge in [-0.15, -0.1) is 0 Å². The first kappa shape index (κ1) is 16.2. The van der Waals surface area contributed by atoms with Crippen molar-refractivity contribution >= 4 is 28.6 Å². The van der Waals surface area contributed by atoms with Gasteiger partial charge in [0, 0.05) is 26.9 Å². The number of hydrogen-bond acceptors (Lipinski definition) is 3. The van der Waals surface area contributed by atoms with Crippen molar-refractivity contribution in [3.05, 3.63) is 52.8 Å². The van der Waals surface area contributed by atoms with Gasteiger partial charge < -0.3 is 10.1 Å². The molecular weight excluding hydrogens is 332 g/mol. The maximum absolute atomic E-state index is 11.2. The number of aromatic carboxylic acids is 1. The zero-order chi connectivity index (χ0) is 17.8. The lowest BCUT2D eigenvalue weighted by Crippen LogP contribution is -2.02. The number of nitrogens with one attached hydrogen (secondary N) is 1. The van der Waals surface area contributed by atoms with Crippen LogP contribution in [0.3, 0.4) is 0 Å². The molecule has 25 heavy (non-hydrogen) atoms. The zero-order valence-corrected chi connectivity index (χ0v) is 15.3. The number of carbonyl (C=O) groups is 1. The van der Waals surface area contributed by atoms with Gasteiger partial charge in [0.2, 0.25) is 0 Å². The van der Waals surface area contributed by atoms with Gasteiger partial charge in [-0.25, -0.2) is 9.78 Å². The predicted molar refractivity (Wildman–Crippen MR) is 99.7 cm³/mol. The molecule has 2 heterocycles. The van der Waals surface area contributed by atoms with E-state index in [-0.39, 0.29) is 11.1 Å². The molecule has 0 aliphatic heterocycles. The molecular formula is C20H20N2O2S. The maximum atomic E-state index is 11.2. The third kappa shape index (κ3) is 2.82. The van der Waals surface area contributed by atoms with Gasteiger partial charge in [-0.3, -0.25) is 0 Å². The molecule has 5 heteroatoms. The maximum Gasteiger partial charge on any atom is 0.354 e. The quantitative estimate of drug-likeness (QED) is 0.687. The molecule has 4 rings (SSSR count). The Morgan fingerprint density at radius 2 is 1.96 bits per heavy atom. The van der Waals surface area contributed by atoms with Gasteiger partial charge in [-0.1, -0.05) is 24.8 Å². The van der Waals surface area contributed by atoms with Crippen LogP contribution < -0.4 is 0 Å². The van der Waals surface area contributed by atoms with Crippen LogP contribution in [0.4, 0.5) is 0 Å². The third-order valence-electron chi connectivity index (χ3n) is 5.12. The number of fused-ring (bicyclic) bond motifs is 1. The van der Waals surface area contributed by atoms with Crippen LogP contribution in [0.1, 0.15) is 47.1 Å². The number of benzene rings is 1. The Bertz CT molecular complexity index is 1000. The molecule has 0 amide bonds. The van der Waals surface area contributed by atoms with E-state index in [0.29, 0.717) is 5.03 Å². The molecule has 3 aromatic rings. The second-order valence-corrected chi connectivity index (χ2v) is 8.17. The Kier molecular flexibility index (Phi) is 3.65. The van der Waals surface area contributed by atoms with Gasteiger partial charge >= 0.3 is 5.97 Å². The monoisotopic (exact) mass is 352 g/mol. The van der Waals surface area contributed by atoms with Crippen LogP contribution in [-0.4, -0.2) is 21.0 Å². The van der Waals surface area contributed by atoms with Crippen LogP contribution in [0.5, 0.6) is 0 Å². The minimum absolute atomic E-state index is 0.0797. The van der Waals surface area contributed by atoms with Crippen molar-refractivity contribution in [2.45, 2.75) is 48.9 Å². The number of nitrogens with zero attached hydrogens (tertiary/aromatic N) is 1. The molecule has 2 aromatic heterocycles. The third-order valence-corrected chi connectivity index (χ3v) is 6.18. The first-order chi connectivity index (χ1) is 11.9. The molecule has 128 valence electrons. The van der Waals surface area contributed by atoms with E-state index < -0.39 is 5.97 Å². The Labute approximate surface area is 150 Å². The summed E-state index contributed by atoms with van der Waals surface area (Å²) in [6.45, 7) is 6.53. The van der Waals surface area contributed by atoms with Gasteiger partial charge in [-0.2, -0.15) is 0 Å². The molecule has 0 radical (unpaired) electrons. The van der Waals surface area contributed by atoms with E-state index in [4.69, 9.17) is 0 Å². The van der Waals surface area contributed by atoms with Crippen LogP contribution in [0.15, 0.2) is 40.3 Å². The Morgan fingerprint density at radius 3 is 2.64 bits per heavy atom. The highest BCUT2D eigenvalue weighted by Crippen LogP contribution is 2.52. The summed E-state index contributed by atoms with van der Waals surface area (Å²) in [7, 11) is 0. The average Bonchev–Trinajstić information content (AvgIpc) is 3.23. The van der Waals surface area contributed by atoms with E-state index in [1.165, 1.54) is 46.0 Å². The number of aromatic amines is 1. The van der Waals surface area contributed by atoms with Crippen LogP contribution in [-0.2, 0) is 5.41 Å². The summed E-state index contributed by atoms with van der Waals surface area (Å²) in [5.74, 6) is -0.998. The standard InChI is InChI=1S/C20H20N2O2S/c1-11-9-13-15(10-12(11)2)22-18(20(3)7-8-20)17(13)25-16-6-4-5-14(21-16)19(23)24/h4-6,9-10,22H,7-8H2,1-3H3,(H,23,24). The normalized spacial score (nSPS) is 15.5. The summed E-state index contributed by atoms with van der Waals surface area (Å²) in [5, 5.41) is 11.1. The number of aryl methyl sites for hydroxylation is 2. The fraction of sp³-hybridized carbons (Fsp3) is 0.300. The van der Waals surface area contributed by atoms with Crippen LogP contribution in [0.25, 0.3) is 10.9 Å². The Balaban J connectivity index is 1.86. The van der Waals surface area contributed by atoms with E-state index in [0.717, 1.165) is 5.52 Å². The summed E-state index contributed by atoms with van der Waals surface area (Å²) in [6.07, 6.45) is 2.35. The lowest BCUT2D eigenvalue weighted by atomic mass is 10.0. The van der Waals surface area contributed by atoms with E-state index in [9.17, 15) is 9.90 Å². The van der Waals surface area contributed by atoms with Crippen LogP contribution in [0, 0.1) is 13.8 Å². The minimum atomic E-state index is -0.998. The fourth-order valence-corrected chi connectivity index (χ4v) is 4.28. The highest BCUT2D eigenvalue weighted by molar-refractivity contribution is 7.99. The number of carboxylic acids is 1. The largest absolute Gasteiger partial charge is 0.477 e. The molecule has 1 saturated carbocycles. The van der Waals surface area contributed by atoms with E-state index in [1.807, 2.05) is 6.07 Å². The summed E-state index contributed by atoms with van der Waals surface area (Å²) >= 11 is 1.56. The first-order valence-electron chi connectivity index (χ1n) is 8.39. The molecule has 4 nitrogen and oxygen atoms in total. The molecule has 0 atom stereocenters. The molecule has 0 unspecified atom stereocenters. The molecule has 0 bridgehead atoms. The smallest absolute Gasteiger partial charge is 0.354 e. The van der Waals surface area contributed by atoms with E-state index in [2.05, 4.69) is 42.9 Å². The van der Waals surface area contributed by atoms with Gasteiger partial charge in [-0.05, 0) is 62.1 Å². The second-order valence-electron chi connectivity index (χ2n) is 7.14. The molecule has 0 spiro atoms. The van der Waals surface area contributed by atoms with Crippen LogP contribution in [0.2, 0.25) is 0 Å². The van der Waals surface area contributed by atoms with Crippen molar-refractivity contribution in [3.63, 3.8) is 0 Å². The predicted octanol–water partition coefficient (Wildman–Crippen LogP) is 5.08. The number of aromatic nitrogens is 2. The van der Waals surface area contributed by atoms with Crippen molar-refractivity contribution in [2.75, 3.05) is 0 Å². The number of carboxylic acid groups (broad SMARTS) is 1. The molecule has 2 N–H and O–H groups in total. The number of pyridine rings is 1. The highest BCUT2D eigenvalue weighted by atomic mass is 32.2. The summed E-state index contributed by atoms with van der Waals surface area (Å²) in [4.78, 5) is 20.3. The topological polar surface area (TPSA) is 66.0 Å². The molecule has 1 aromatic carbocycles. The molecule has 1 aliphatic rings. The van der Waals surface area contributed by atoms with Crippen molar-refractivity contribution in [1.29, 1.82) is 0 Å². The van der Waals surface area contributed by atoms with Gasteiger partial charge in [0.15, 0.2) is 0 Å². The van der Waals surface area contributed by atoms with Crippen molar-refractivity contribution in [2.24, 2.45) is 0 Å². The van der Waals surface area contributed by atoms with E-state index >= 15 is 0 Å². The number of hydrogen-bond donors (Lipinski definition) is 2. The average molecular weight is 352 g/mol. The zero-order valence-electron chi connectivity index (χ0n) is 14.5. The van der Waals surface area contributed by atoms with Crippen molar-refractivity contribution < 1.29 is 9.90 Å². The van der Waals surface area contributed by atoms with Crippen molar-refractivity contribution in [3.8, 4) is 0 Å². The Hall–Kier alpha value is -2.27. The number of H-pyrrole nitrogens is 1. The molecule has 1 aliphatic carbocycles. The number of rotatable bonds is 4. The minimum Gasteiger partial charge on any atom is -0.477 e. The molecule has 1 fully saturated rings. The Morgan fingerprint density at radius 1 is 1.24 bits per heavy atom. The van der Waals surface area contributed by atoms with Gasteiger partial charge in [0.25, 0.3) is 0 Å². The van der Waals surface area contributed by atoms with E-state index in [1.54, 1.807) is 17.8 Å². The second kappa shape index (κ2) is 5.63. The lowest BCUT2D eigenvalue weighted by molar-refractivity contribution is 0.0689. The summed E-state index contributed by atoms with van der Waals surface area (Å²) < 4.78 is 0. The summed E-state index contributed by atoms with van der Waals surface area (Å²) in [6, 6.07) is 9.57.